The van der Waals surface area contributed by atoms with Gasteiger partial charge in [0.25, 0.3) is 0 Å². The van der Waals surface area contributed by atoms with Crippen molar-refractivity contribution >= 4 is 12.6 Å². The van der Waals surface area contributed by atoms with E-state index in [9.17, 15) is 0 Å². The van der Waals surface area contributed by atoms with Gasteiger partial charge in [0.1, 0.15) is 6.33 Å². The fourth-order valence-electron chi connectivity index (χ4n) is 2.50. The van der Waals surface area contributed by atoms with Crippen molar-refractivity contribution in [2.45, 2.75) is 52.7 Å². The molecular weight excluding hydrogens is 279 g/mol. The molecule has 22 heavy (non-hydrogen) atoms. The number of imidazole rings is 1. The lowest BCUT2D eigenvalue weighted by Gasteiger charge is -2.32. The average molecular weight is 300 g/mol. The monoisotopic (exact) mass is 300 g/mol. The molecule has 0 spiro atoms. The van der Waals surface area contributed by atoms with Crippen LogP contribution in [0.4, 0.5) is 0 Å². The van der Waals surface area contributed by atoms with Gasteiger partial charge in [-0.1, -0.05) is 0 Å². The molecule has 0 bridgehead atoms. The molecule has 0 aromatic carbocycles. The second-order valence-electron chi connectivity index (χ2n) is 6.67. The van der Waals surface area contributed by atoms with Gasteiger partial charge in [-0.25, -0.2) is 15.0 Å². The number of hydrogen-bond acceptors (Lipinski definition) is 5. The molecule has 0 aliphatic carbocycles. The summed E-state index contributed by atoms with van der Waals surface area (Å²) in [6.45, 7) is 12.1. The summed E-state index contributed by atoms with van der Waals surface area (Å²) in [7, 11) is -0.443. The molecule has 0 atom stereocenters. The molecule has 0 N–H and O–H groups in total. The maximum absolute atomic E-state index is 6.12. The van der Waals surface area contributed by atoms with E-state index in [2.05, 4.69) is 15.0 Å². The Bertz CT molecular complexity index is 659. The van der Waals surface area contributed by atoms with E-state index in [4.69, 9.17) is 9.31 Å². The normalized spacial score (nSPS) is 19.6. The summed E-state index contributed by atoms with van der Waals surface area (Å²) in [6, 6.07) is 0. The third-order valence-electron chi connectivity index (χ3n) is 4.54. The van der Waals surface area contributed by atoms with E-state index < -0.39 is 7.12 Å². The Balaban J connectivity index is 2.00. The fraction of sp³-hybridized carbons (Fsp3) is 0.533. The number of hydrogen-bond donors (Lipinski definition) is 0. The van der Waals surface area contributed by atoms with Crippen molar-refractivity contribution < 1.29 is 9.31 Å². The minimum Gasteiger partial charge on any atom is -0.399 e. The maximum atomic E-state index is 6.12. The Morgan fingerprint density at radius 1 is 1.00 bits per heavy atom. The lowest BCUT2D eigenvalue weighted by atomic mass is 9.77. The molecule has 7 heteroatoms. The molecule has 3 rings (SSSR count). The first kappa shape index (κ1) is 15.2. The van der Waals surface area contributed by atoms with Crippen LogP contribution in [0.2, 0.25) is 0 Å². The molecule has 2 aromatic rings. The molecule has 1 fully saturated rings. The zero-order valence-electron chi connectivity index (χ0n) is 13.9. The maximum Gasteiger partial charge on any atom is 0.498 e. The Kier molecular flexibility index (Phi) is 3.38. The van der Waals surface area contributed by atoms with Gasteiger partial charge in [-0.2, -0.15) is 0 Å². The van der Waals surface area contributed by atoms with Gasteiger partial charge >= 0.3 is 7.12 Å². The Morgan fingerprint density at radius 3 is 2.00 bits per heavy atom. The smallest absolute Gasteiger partial charge is 0.399 e. The van der Waals surface area contributed by atoms with Crippen molar-refractivity contribution in [3.63, 3.8) is 0 Å². The molecule has 1 saturated heterocycles. The highest BCUT2D eigenvalue weighted by molar-refractivity contribution is 6.63. The number of aryl methyl sites for hydroxylation is 2. The minimum atomic E-state index is -0.443. The Morgan fingerprint density at radius 2 is 1.55 bits per heavy atom. The molecule has 2 aromatic heterocycles. The molecular formula is C15H21BN4O2. The van der Waals surface area contributed by atoms with Gasteiger partial charge in [-0.05, 0) is 41.5 Å². The summed E-state index contributed by atoms with van der Waals surface area (Å²) in [6.07, 6.45) is 5.21. The van der Waals surface area contributed by atoms with E-state index in [-0.39, 0.29) is 11.2 Å². The largest absolute Gasteiger partial charge is 0.498 e. The van der Waals surface area contributed by atoms with Crippen LogP contribution in [-0.2, 0) is 9.31 Å². The van der Waals surface area contributed by atoms with E-state index in [0.29, 0.717) is 5.95 Å². The van der Waals surface area contributed by atoms with Gasteiger partial charge < -0.3 is 9.31 Å². The van der Waals surface area contributed by atoms with Gasteiger partial charge in [-0.15, -0.1) is 0 Å². The molecule has 6 nitrogen and oxygen atoms in total. The molecule has 0 amide bonds. The zero-order chi connectivity index (χ0) is 16.1. The van der Waals surface area contributed by atoms with Crippen molar-refractivity contribution in [2.75, 3.05) is 0 Å². The van der Waals surface area contributed by atoms with E-state index >= 15 is 0 Å². The van der Waals surface area contributed by atoms with Crippen LogP contribution in [0.5, 0.6) is 0 Å². The van der Waals surface area contributed by atoms with E-state index in [1.165, 1.54) is 0 Å². The number of rotatable bonds is 2. The van der Waals surface area contributed by atoms with Gasteiger partial charge in [0.2, 0.25) is 5.95 Å². The molecule has 3 heterocycles. The standard InChI is InChI=1S/C15H21BN4O2/c1-10-12(16-21-14(3,4)15(5,6)22-16)11(2)19-13(18-10)20-8-7-17-9-20/h7-9H,1-6H3. The van der Waals surface area contributed by atoms with Crippen LogP contribution in [0.3, 0.4) is 0 Å². The summed E-state index contributed by atoms with van der Waals surface area (Å²) >= 11 is 0. The summed E-state index contributed by atoms with van der Waals surface area (Å²) in [4.78, 5) is 13.2. The number of nitrogens with zero attached hydrogens (tertiary/aromatic N) is 4. The van der Waals surface area contributed by atoms with Crippen LogP contribution >= 0.6 is 0 Å². The van der Waals surface area contributed by atoms with Crippen LogP contribution in [0.15, 0.2) is 18.7 Å². The van der Waals surface area contributed by atoms with Gasteiger partial charge in [0.05, 0.1) is 11.2 Å². The summed E-state index contributed by atoms with van der Waals surface area (Å²) in [5.74, 6) is 0.604. The second-order valence-corrected chi connectivity index (χ2v) is 6.67. The summed E-state index contributed by atoms with van der Waals surface area (Å²) in [5.41, 5.74) is 1.87. The first-order valence-corrected chi connectivity index (χ1v) is 7.40. The molecule has 1 aliphatic heterocycles. The highest BCUT2D eigenvalue weighted by Gasteiger charge is 2.52. The topological polar surface area (TPSA) is 62.1 Å². The Hall–Kier alpha value is -1.73. The lowest BCUT2D eigenvalue weighted by molar-refractivity contribution is 0.00578. The summed E-state index contributed by atoms with van der Waals surface area (Å²) in [5, 5.41) is 0. The predicted octanol–water partition coefficient (Wildman–Crippen LogP) is 1.58. The van der Waals surface area contributed by atoms with Crippen molar-refractivity contribution in [2.24, 2.45) is 0 Å². The van der Waals surface area contributed by atoms with Crippen LogP contribution in [-0.4, -0.2) is 37.8 Å². The van der Waals surface area contributed by atoms with Crippen molar-refractivity contribution in [3.8, 4) is 5.95 Å². The third-order valence-corrected chi connectivity index (χ3v) is 4.54. The average Bonchev–Trinajstić information content (AvgIpc) is 2.95. The minimum absolute atomic E-state index is 0.375. The molecule has 116 valence electrons. The third kappa shape index (κ3) is 2.34. The van der Waals surface area contributed by atoms with Gasteiger partial charge in [0.15, 0.2) is 0 Å². The van der Waals surface area contributed by atoms with Crippen molar-refractivity contribution in [1.29, 1.82) is 0 Å². The highest BCUT2D eigenvalue weighted by Crippen LogP contribution is 2.36. The quantitative estimate of drug-likeness (QED) is 0.788. The first-order chi connectivity index (χ1) is 10.2. The first-order valence-electron chi connectivity index (χ1n) is 7.40. The van der Waals surface area contributed by atoms with E-state index in [0.717, 1.165) is 16.9 Å². The SMILES string of the molecule is Cc1nc(-n2ccnc2)nc(C)c1B1OC(C)(C)C(C)(C)O1. The van der Waals surface area contributed by atoms with Crippen LogP contribution in [0, 0.1) is 13.8 Å². The van der Waals surface area contributed by atoms with Crippen LogP contribution in [0.25, 0.3) is 5.95 Å². The second kappa shape index (κ2) is 4.89. The zero-order valence-corrected chi connectivity index (χ0v) is 13.9. The fourth-order valence-corrected chi connectivity index (χ4v) is 2.50. The van der Waals surface area contributed by atoms with Crippen molar-refractivity contribution in [3.05, 3.63) is 30.1 Å². The van der Waals surface area contributed by atoms with E-state index in [1.807, 2.05) is 47.7 Å². The molecule has 0 unspecified atom stereocenters. The predicted molar refractivity (Wildman–Crippen MR) is 84.3 cm³/mol. The van der Waals surface area contributed by atoms with Crippen molar-refractivity contribution in [1.82, 2.24) is 19.5 Å². The van der Waals surface area contributed by atoms with Crippen LogP contribution < -0.4 is 5.46 Å². The van der Waals surface area contributed by atoms with Gasteiger partial charge in [-0.3, -0.25) is 4.57 Å². The number of aromatic nitrogens is 4. The highest BCUT2D eigenvalue weighted by atomic mass is 16.7. The van der Waals surface area contributed by atoms with Gasteiger partial charge in [0, 0.05) is 29.2 Å². The van der Waals surface area contributed by atoms with Crippen LogP contribution in [0.1, 0.15) is 39.1 Å². The molecule has 1 aliphatic rings. The van der Waals surface area contributed by atoms with E-state index in [1.54, 1.807) is 17.1 Å². The lowest BCUT2D eigenvalue weighted by Crippen LogP contribution is -2.41. The Labute approximate surface area is 131 Å². The summed E-state index contributed by atoms with van der Waals surface area (Å²) < 4.78 is 14.0. The molecule has 0 saturated carbocycles. The molecule has 0 radical (unpaired) electrons.